The van der Waals surface area contributed by atoms with Gasteiger partial charge in [0.15, 0.2) is 5.78 Å². The van der Waals surface area contributed by atoms with E-state index in [0.29, 0.717) is 40.7 Å². The number of carbonyl (C=O) groups is 1. The quantitative estimate of drug-likeness (QED) is 0.426. The van der Waals surface area contributed by atoms with Crippen molar-refractivity contribution >= 4 is 26.7 Å². The van der Waals surface area contributed by atoms with Gasteiger partial charge in [-0.1, -0.05) is 6.92 Å². The van der Waals surface area contributed by atoms with Crippen LogP contribution in [0.15, 0.2) is 35.3 Å². The van der Waals surface area contributed by atoms with E-state index < -0.39 is 21.9 Å². The Morgan fingerprint density at radius 2 is 1.83 bits per heavy atom. The molecule has 0 saturated carbocycles. The highest BCUT2D eigenvalue weighted by Crippen LogP contribution is 2.37. The third kappa shape index (κ3) is 5.07. The molecule has 0 spiro atoms. The molecule has 0 aliphatic carbocycles. The van der Waals surface area contributed by atoms with Crippen molar-refractivity contribution in [3.05, 3.63) is 52.1 Å². The first-order valence-corrected chi connectivity index (χ1v) is 13.5. The number of nitrogens with zero attached hydrogens (tertiary/aromatic N) is 3. The molecular formula is C25H29F2N3O5S. The molecule has 1 aliphatic rings. The molecule has 36 heavy (non-hydrogen) atoms. The van der Waals surface area contributed by atoms with Crippen molar-refractivity contribution in [2.45, 2.75) is 59.6 Å². The van der Waals surface area contributed by atoms with Gasteiger partial charge in [-0.25, -0.2) is 18.2 Å². The summed E-state index contributed by atoms with van der Waals surface area (Å²) in [5.41, 5.74) is 1.62. The second-order valence-electron chi connectivity index (χ2n) is 10.0. The van der Waals surface area contributed by atoms with E-state index in [9.17, 15) is 26.8 Å². The fourth-order valence-corrected chi connectivity index (χ4v) is 6.52. The lowest BCUT2D eigenvalue weighted by Crippen LogP contribution is -2.33. The van der Waals surface area contributed by atoms with Gasteiger partial charge in [0, 0.05) is 30.3 Å². The number of halogens is 2. The minimum absolute atomic E-state index is 0.0775. The summed E-state index contributed by atoms with van der Waals surface area (Å²) < 4.78 is 56.5. The average Bonchev–Trinajstić information content (AvgIpc) is 3.08. The van der Waals surface area contributed by atoms with Crippen LogP contribution < -0.4 is 10.4 Å². The van der Waals surface area contributed by atoms with Crippen molar-refractivity contribution in [2.75, 3.05) is 11.5 Å². The first kappa shape index (κ1) is 26.0. The zero-order valence-corrected chi connectivity index (χ0v) is 21.4. The smallest absolute Gasteiger partial charge is 0.388 e. The van der Waals surface area contributed by atoms with Crippen LogP contribution in [0.25, 0.3) is 16.7 Å². The first-order chi connectivity index (χ1) is 16.8. The third-order valence-electron chi connectivity index (χ3n) is 6.83. The van der Waals surface area contributed by atoms with Crippen molar-refractivity contribution in [3.63, 3.8) is 0 Å². The second-order valence-corrected chi connectivity index (χ2v) is 12.3. The Morgan fingerprint density at radius 1 is 1.17 bits per heavy atom. The number of ketones is 1. The fourth-order valence-electron chi connectivity index (χ4n) is 4.71. The highest BCUT2D eigenvalue weighted by atomic mass is 32.2. The molecule has 0 atom stereocenters. The van der Waals surface area contributed by atoms with Gasteiger partial charge >= 0.3 is 12.3 Å². The van der Waals surface area contributed by atoms with E-state index in [1.54, 1.807) is 29.7 Å². The molecule has 1 aromatic carbocycles. The third-order valence-corrected chi connectivity index (χ3v) is 8.48. The van der Waals surface area contributed by atoms with Gasteiger partial charge in [-0.3, -0.25) is 13.9 Å². The van der Waals surface area contributed by atoms with Crippen LogP contribution in [0.3, 0.4) is 0 Å². The molecule has 3 heterocycles. The number of benzene rings is 1. The van der Waals surface area contributed by atoms with Gasteiger partial charge < -0.3 is 4.74 Å². The van der Waals surface area contributed by atoms with Gasteiger partial charge in [0.1, 0.15) is 9.84 Å². The zero-order chi connectivity index (χ0) is 26.4. The number of sulfone groups is 1. The highest BCUT2D eigenvalue weighted by Gasteiger charge is 2.35. The lowest BCUT2D eigenvalue weighted by Gasteiger charge is -2.32. The molecule has 1 aliphatic heterocycles. The molecule has 11 heteroatoms. The van der Waals surface area contributed by atoms with E-state index in [2.05, 4.69) is 9.72 Å². The van der Waals surface area contributed by atoms with Gasteiger partial charge in [0.05, 0.1) is 28.2 Å². The fraction of sp³-hybridized carbons (Fsp3) is 0.480. The van der Waals surface area contributed by atoms with Crippen molar-refractivity contribution in [1.29, 1.82) is 0 Å². The summed E-state index contributed by atoms with van der Waals surface area (Å²) >= 11 is 0. The number of alkyl halides is 2. The summed E-state index contributed by atoms with van der Waals surface area (Å²) in [6.45, 7) is 4.27. The van der Waals surface area contributed by atoms with E-state index in [0.717, 1.165) is 0 Å². The van der Waals surface area contributed by atoms with Crippen molar-refractivity contribution < 1.29 is 26.7 Å². The van der Waals surface area contributed by atoms with Crippen molar-refractivity contribution in [1.82, 2.24) is 14.1 Å². The molecule has 0 unspecified atom stereocenters. The predicted octanol–water partition coefficient (Wildman–Crippen LogP) is 4.47. The number of aryl methyl sites for hydroxylation is 1. The number of imidazole rings is 1. The van der Waals surface area contributed by atoms with Crippen LogP contribution in [0.4, 0.5) is 8.78 Å². The van der Waals surface area contributed by atoms with Crippen LogP contribution >= 0.6 is 0 Å². The monoisotopic (exact) mass is 521 g/mol. The molecule has 3 aromatic rings. The average molecular weight is 522 g/mol. The maximum Gasteiger partial charge on any atom is 0.388 e. The Hall–Kier alpha value is -3.08. The minimum atomic E-state index is -3.05. The summed E-state index contributed by atoms with van der Waals surface area (Å²) in [6.07, 6.45) is 2.43. The Morgan fingerprint density at radius 3 is 2.44 bits per heavy atom. The van der Waals surface area contributed by atoms with Gasteiger partial charge in [-0.2, -0.15) is 8.78 Å². The number of hydrogen-bond donors (Lipinski definition) is 0. The molecular weight excluding hydrogens is 492 g/mol. The predicted molar refractivity (Wildman–Crippen MR) is 132 cm³/mol. The molecule has 2 aromatic heterocycles. The lowest BCUT2D eigenvalue weighted by atomic mass is 9.78. The second kappa shape index (κ2) is 9.42. The Bertz CT molecular complexity index is 1480. The molecule has 0 amide bonds. The summed E-state index contributed by atoms with van der Waals surface area (Å²) in [4.78, 5) is 30.6. The van der Waals surface area contributed by atoms with E-state index in [4.69, 9.17) is 0 Å². The zero-order valence-electron chi connectivity index (χ0n) is 20.6. The number of carbonyl (C=O) groups excluding carboxylic acids is 1. The normalized spacial score (nSPS) is 17.1. The molecule has 4 rings (SSSR count). The lowest BCUT2D eigenvalue weighted by molar-refractivity contribution is -0.0528. The molecule has 8 nitrogen and oxygen atoms in total. The number of rotatable bonds is 7. The Kier molecular flexibility index (Phi) is 6.80. The highest BCUT2D eigenvalue weighted by molar-refractivity contribution is 7.91. The van der Waals surface area contributed by atoms with E-state index >= 15 is 0 Å². The van der Waals surface area contributed by atoms with Gasteiger partial charge in [0.2, 0.25) is 5.88 Å². The first-order valence-electron chi connectivity index (χ1n) is 11.7. The summed E-state index contributed by atoms with van der Waals surface area (Å²) in [6, 6.07) is 6.03. The maximum atomic E-state index is 13.5. The minimum Gasteiger partial charge on any atom is -0.417 e. The standard InChI is InChI=1S/C25H29F2N3O5S/c1-15(2)29-20-11-17(21(31)13-25(4)7-9-36(33,34)10-8-25)5-6-18(20)30(24(29)32)19-12-22(35-23(26)27)28-14-16(19)3/h5-6,11-12,14-15,23H,7-10,13H2,1-4H3. The molecule has 0 radical (unpaired) electrons. The number of hydrogen-bond acceptors (Lipinski definition) is 6. The topological polar surface area (TPSA) is 100 Å². The SMILES string of the molecule is Cc1cnc(OC(F)F)cc1-n1c(=O)n(C(C)C)c2cc(C(=O)CC3(C)CCS(=O)(=O)CC3)ccc21. The van der Waals surface area contributed by atoms with Crippen LogP contribution in [0.5, 0.6) is 5.88 Å². The number of fused-ring (bicyclic) bond motifs is 1. The molecule has 1 saturated heterocycles. The summed E-state index contributed by atoms with van der Waals surface area (Å²) in [5, 5.41) is 0. The Balaban J connectivity index is 1.77. The molecule has 194 valence electrons. The van der Waals surface area contributed by atoms with Crippen LogP contribution in [0, 0.1) is 12.3 Å². The van der Waals surface area contributed by atoms with Crippen LogP contribution in [-0.4, -0.2) is 46.4 Å². The number of pyridine rings is 1. The van der Waals surface area contributed by atoms with E-state index in [-0.39, 0.29) is 41.3 Å². The van der Waals surface area contributed by atoms with E-state index in [1.165, 1.54) is 16.8 Å². The van der Waals surface area contributed by atoms with Crippen LogP contribution in [0.1, 0.15) is 62.0 Å². The van der Waals surface area contributed by atoms with Crippen LogP contribution in [0.2, 0.25) is 0 Å². The number of aromatic nitrogens is 3. The Labute approximate surface area is 207 Å². The van der Waals surface area contributed by atoms with Crippen LogP contribution in [-0.2, 0) is 9.84 Å². The van der Waals surface area contributed by atoms with Gasteiger partial charge in [-0.05, 0) is 62.8 Å². The van der Waals surface area contributed by atoms with Gasteiger partial charge in [-0.15, -0.1) is 0 Å². The maximum absolute atomic E-state index is 13.5. The number of Topliss-reactive ketones (excluding diaryl/α,β-unsaturated/α-hetero) is 1. The molecule has 0 N–H and O–H groups in total. The molecule has 0 bridgehead atoms. The van der Waals surface area contributed by atoms with Crippen molar-refractivity contribution in [2.24, 2.45) is 5.41 Å². The summed E-state index contributed by atoms with van der Waals surface area (Å²) in [5.74, 6) is -0.276. The number of ether oxygens (including phenoxy) is 1. The largest absolute Gasteiger partial charge is 0.417 e. The summed E-state index contributed by atoms with van der Waals surface area (Å²) in [7, 11) is -3.05. The molecule has 1 fully saturated rings. The van der Waals surface area contributed by atoms with Gasteiger partial charge in [0.25, 0.3) is 0 Å². The van der Waals surface area contributed by atoms with E-state index in [1.807, 2.05) is 20.8 Å². The van der Waals surface area contributed by atoms with Crippen molar-refractivity contribution in [3.8, 4) is 11.6 Å².